The fraction of sp³-hybridized carbons (Fsp3) is 0.292. The maximum Gasteiger partial charge on any atom is 0.224 e. The number of hydrogen-bond donors (Lipinski definition) is 1. The number of likely N-dealkylation sites (tertiary alicyclic amines) is 1. The van der Waals surface area contributed by atoms with Crippen LogP contribution in [0.2, 0.25) is 0 Å². The van der Waals surface area contributed by atoms with Crippen molar-refractivity contribution in [1.82, 2.24) is 10.2 Å². The number of hydrogen-bond acceptors (Lipinski definition) is 2. The first-order valence-electron chi connectivity index (χ1n) is 9.90. The molecule has 0 spiro atoms. The Hall–Kier alpha value is -2.72. The SMILES string of the molecule is O=C(NCc1cccc2ccccc12)[C@H]1CCCN(Cc2ccc(F)cc2)C1. The van der Waals surface area contributed by atoms with Crippen molar-refractivity contribution in [3.63, 3.8) is 0 Å². The Labute approximate surface area is 165 Å². The van der Waals surface area contributed by atoms with E-state index in [1.165, 1.54) is 22.9 Å². The van der Waals surface area contributed by atoms with E-state index in [2.05, 4.69) is 34.5 Å². The van der Waals surface area contributed by atoms with E-state index in [0.717, 1.165) is 43.6 Å². The van der Waals surface area contributed by atoms with E-state index in [-0.39, 0.29) is 17.6 Å². The summed E-state index contributed by atoms with van der Waals surface area (Å²) in [6.45, 7) is 3.03. The van der Waals surface area contributed by atoms with Crippen LogP contribution in [0.3, 0.4) is 0 Å². The zero-order valence-electron chi connectivity index (χ0n) is 15.9. The summed E-state index contributed by atoms with van der Waals surface area (Å²) in [7, 11) is 0. The first-order chi connectivity index (χ1) is 13.7. The Morgan fingerprint density at radius 1 is 1.04 bits per heavy atom. The van der Waals surface area contributed by atoms with Crippen molar-refractivity contribution in [1.29, 1.82) is 0 Å². The number of carbonyl (C=O) groups is 1. The number of benzene rings is 3. The molecule has 0 aromatic heterocycles. The van der Waals surface area contributed by atoms with E-state index in [1.54, 1.807) is 0 Å². The van der Waals surface area contributed by atoms with Crippen molar-refractivity contribution in [2.75, 3.05) is 13.1 Å². The molecule has 4 heteroatoms. The van der Waals surface area contributed by atoms with Gasteiger partial charge in [0.25, 0.3) is 0 Å². The van der Waals surface area contributed by atoms with Gasteiger partial charge in [0, 0.05) is 19.6 Å². The monoisotopic (exact) mass is 376 g/mol. The molecule has 1 saturated heterocycles. The molecular formula is C24H25FN2O. The van der Waals surface area contributed by atoms with Crippen LogP contribution in [0.4, 0.5) is 4.39 Å². The second kappa shape index (κ2) is 8.53. The second-order valence-corrected chi connectivity index (χ2v) is 7.56. The van der Waals surface area contributed by atoms with Gasteiger partial charge in [0.2, 0.25) is 5.91 Å². The molecule has 0 saturated carbocycles. The second-order valence-electron chi connectivity index (χ2n) is 7.56. The fourth-order valence-electron chi connectivity index (χ4n) is 4.03. The molecule has 1 heterocycles. The molecule has 28 heavy (non-hydrogen) atoms. The summed E-state index contributed by atoms with van der Waals surface area (Å²) in [5, 5.41) is 5.52. The van der Waals surface area contributed by atoms with Gasteiger partial charge in [-0.05, 0) is 53.4 Å². The average molecular weight is 376 g/mol. The molecule has 1 fully saturated rings. The summed E-state index contributed by atoms with van der Waals surface area (Å²) in [6.07, 6.45) is 1.93. The molecule has 1 aliphatic heterocycles. The molecule has 144 valence electrons. The van der Waals surface area contributed by atoms with E-state index in [1.807, 2.05) is 30.3 Å². The van der Waals surface area contributed by atoms with Gasteiger partial charge in [-0.25, -0.2) is 4.39 Å². The lowest BCUT2D eigenvalue weighted by atomic mass is 9.96. The van der Waals surface area contributed by atoms with Gasteiger partial charge in [0.1, 0.15) is 5.82 Å². The zero-order valence-corrected chi connectivity index (χ0v) is 15.9. The summed E-state index contributed by atoms with van der Waals surface area (Å²) < 4.78 is 13.1. The fourth-order valence-corrected chi connectivity index (χ4v) is 4.03. The van der Waals surface area contributed by atoms with Crippen LogP contribution < -0.4 is 5.32 Å². The van der Waals surface area contributed by atoms with Gasteiger partial charge in [-0.15, -0.1) is 0 Å². The zero-order chi connectivity index (χ0) is 19.3. The summed E-state index contributed by atoms with van der Waals surface area (Å²) in [4.78, 5) is 15.1. The van der Waals surface area contributed by atoms with Crippen molar-refractivity contribution in [2.45, 2.75) is 25.9 Å². The molecule has 1 amide bonds. The van der Waals surface area contributed by atoms with Gasteiger partial charge >= 0.3 is 0 Å². The van der Waals surface area contributed by atoms with E-state index >= 15 is 0 Å². The summed E-state index contributed by atoms with van der Waals surface area (Å²) in [6, 6.07) is 21.1. The van der Waals surface area contributed by atoms with E-state index in [9.17, 15) is 9.18 Å². The lowest BCUT2D eigenvalue weighted by Crippen LogP contribution is -2.42. The van der Waals surface area contributed by atoms with Gasteiger partial charge in [0.05, 0.1) is 5.92 Å². The van der Waals surface area contributed by atoms with Crippen LogP contribution in [-0.4, -0.2) is 23.9 Å². The molecule has 0 bridgehead atoms. The summed E-state index contributed by atoms with van der Waals surface area (Å²) in [5.74, 6) is -0.0889. The first kappa shape index (κ1) is 18.6. The quantitative estimate of drug-likeness (QED) is 0.711. The van der Waals surface area contributed by atoms with E-state index < -0.39 is 0 Å². The summed E-state index contributed by atoms with van der Waals surface area (Å²) >= 11 is 0. The third-order valence-electron chi connectivity index (χ3n) is 5.53. The molecule has 0 radical (unpaired) electrons. The lowest BCUT2D eigenvalue weighted by Gasteiger charge is -2.32. The minimum Gasteiger partial charge on any atom is -0.352 e. The Morgan fingerprint density at radius 2 is 1.82 bits per heavy atom. The van der Waals surface area contributed by atoms with Crippen LogP contribution in [0.5, 0.6) is 0 Å². The number of nitrogens with zero attached hydrogens (tertiary/aromatic N) is 1. The van der Waals surface area contributed by atoms with Crippen LogP contribution in [0.15, 0.2) is 66.7 Å². The van der Waals surface area contributed by atoms with Gasteiger partial charge in [-0.3, -0.25) is 9.69 Å². The summed E-state index contributed by atoms with van der Waals surface area (Å²) in [5.41, 5.74) is 2.23. The Kier molecular flexibility index (Phi) is 5.68. The maximum atomic E-state index is 13.1. The number of carbonyl (C=O) groups excluding carboxylic acids is 1. The highest BCUT2D eigenvalue weighted by Crippen LogP contribution is 2.21. The Balaban J connectivity index is 1.35. The van der Waals surface area contributed by atoms with Crippen LogP contribution in [-0.2, 0) is 17.9 Å². The van der Waals surface area contributed by atoms with Crippen molar-refractivity contribution in [3.8, 4) is 0 Å². The molecule has 0 unspecified atom stereocenters. The number of amides is 1. The molecule has 3 nitrogen and oxygen atoms in total. The maximum absolute atomic E-state index is 13.1. The molecule has 1 atom stereocenters. The van der Waals surface area contributed by atoms with E-state index in [0.29, 0.717) is 6.54 Å². The molecular weight excluding hydrogens is 351 g/mol. The average Bonchev–Trinajstić information content (AvgIpc) is 2.74. The minimum atomic E-state index is -0.215. The Bertz CT molecular complexity index is 949. The first-order valence-corrected chi connectivity index (χ1v) is 9.90. The highest BCUT2D eigenvalue weighted by molar-refractivity contribution is 5.86. The highest BCUT2D eigenvalue weighted by Gasteiger charge is 2.25. The third kappa shape index (κ3) is 4.39. The predicted molar refractivity (Wildman–Crippen MR) is 110 cm³/mol. The van der Waals surface area contributed by atoms with Gasteiger partial charge in [0.15, 0.2) is 0 Å². The van der Waals surface area contributed by atoms with Crippen molar-refractivity contribution < 1.29 is 9.18 Å². The number of nitrogens with one attached hydrogen (secondary N) is 1. The van der Waals surface area contributed by atoms with Crippen LogP contribution in [0, 0.1) is 11.7 Å². The van der Waals surface area contributed by atoms with Crippen molar-refractivity contribution >= 4 is 16.7 Å². The van der Waals surface area contributed by atoms with Gasteiger partial charge < -0.3 is 5.32 Å². The molecule has 1 N–H and O–H groups in total. The van der Waals surface area contributed by atoms with E-state index in [4.69, 9.17) is 0 Å². The topological polar surface area (TPSA) is 32.3 Å². The molecule has 3 aromatic rings. The standard InChI is InChI=1S/C24H25FN2O/c25-22-12-10-18(11-13-22)16-27-14-4-8-21(17-27)24(28)26-15-20-7-3-6-19-5-1-2-9-23(19)20/h1-3,5-7,9-13,21H,4,8,14-17H2,(H,26,28)/t21-/m0/s1. The van der Waals surface area contributed by atoms with Gasteiger partial charge in [-0.1, -0.05) is 54.6 Å². The predicted octanol–water partition coefficient (Wildman–Crippen LogP) is 4.51. The molecule has 3 aromatic carbocycles. The number of piperidine rings is 1. The smallest absolute Gasteiger partial charge is 0.224 e. The van der Waals surface area contributed by atoms with Crippen LogP contribution >= 0.6 is 0 Å². The normalized spacial score (nSPS) is 17.5. The molecule has 1 aliphatic rings. The number of halogens is 1. The van der Waals surface area contributed by atoms with Crippen molar-refractivity contribution in [2.24, 2.45) is 5.92 Å². The molecule has 0 aliphatic carbocycles. The Morgan fingerprint density at radius 3 is 2.68 bits per heavy atom. The lowest BCUT2D eigenvalue weighted by molar-refractivity contribution is -0.126. The number of rotatable bonds is 5. The third-order valence-corrected chi connectivity index (χ3v) is 5.53. The van der Waals surface area contributed by atoms with Crippen LogP contribution in [0.1, 0.15) is 24.0 Å². The molecule has 4 rings (SSSR count). The van der Waals surface area contributed by atoms with Gasteiger partial charge in [-0.2, -0.15) is 0 Å². The minimum absolute atomic E-state index is 0.00387. The van der Waals surface area contributed by atoms with Crippen LogP contribution in [0.25, 0.3) is 10.8 Å². The number of fused-ring (bicyclic) bond motifs is 1. The highest BCUT2D eigenvalue weighted by atomic mass is 19.1. The largest absolute Gasteiger partial charge is 0.352 e. The van der Waals surface area contributed by atoms with Crippen molar-refractivity contribution in [3.05, 3.63) is 83.7 Å².